The maximum Gasteiger partial charge on any atom is 0.147 e. The lowest BCUT2D eigenvalue weighted by Crippen LogP contribution is -2.19. The van der Waals surface area contributed by atoms with Crippen molar-refractivity contribution in [1.29, 1.82) is 0 Å². The van der Waals surface area contributed by atoms with Crippen LogP contribution in [0, 0.1) is 5.82 Å². The number of hydrogen-bond acceptors (Lipinski definition) is 4. The molecular weight excluding hydrogens is 267 g/mol. The third-order valence-corrected chi connectivity index (χ3v) is 2.68. The maximum absolute atomic E-state index is 13.2. The largest absolute Gasteiger partial charge is 0.389 e. The highest BCUT2D eigenvalue weighted by molar-refractivity contribution is 9.09. The molecule has 6 heteroatoms. The molecule has 15 heavy (non-hydrogen) atoms. The Balaban J connectivity index is 2.92. The second-order valence-electron chi connectivity index (χ2n) is 3.05. The van der Waals surface area contributed by atoms with Gasteiger partial charge in [-0.05, 0) is 17.7 Å². The zero-order valence-electron chi connectivity index (χ0n) is 7.82. The second kappa shape index (κ2) is 5.41. The molecule has 1 rings (SSSR count). The van der Waals surface area contributed by atoms with E-state index in [0.29, 0.717) is 5.56 Å². The summed E-state index contributed by atoms with van der Waals surface area (Å²) in [7, 11) is 0. The molecular formula is C9H12BrFN2O2. The molecule has 0 aliphatic carbocycles. The van der Waals surface area contributed by atoms with E-state index in [2.05, 4.69) is 21.4 Å². The number of aliphatic hydroxyl groups is 2. The summed E-state index contributed by atoms with van der Waals surface area (Å²) in [6.45, 7) is 0. The van der Waals surface area contributed by atoms with Crippen LogP contribution in [0.5, 0.6) is 0 Å². The molecule has 0 aromatic heterocycles. The molecule has 0 amide bonds. The number of hydrogen-bond donors (Lipinski definition) is 4. The number of anilines is 1. The van der Waals surface area contributed by atoms with Gasteiger partial charge in [0.2, 0.25) is 0 Å². The fourth-order valence-corrected chi connectivity index (χ4v) is 1.49. The van der Waals surface area contributed by atoms with E-state index in [1.165, 1.54) is 12.1 Å². The Labute approximate surface area is 95.0 Å². The molecule has 0 saturated heterocycles. The van der Waals surface area contributed by atoms with Crippen LogP contribution in [0.2, 0.25) is 0 Å². The number of nitrogens with one attached hydrogen (secondary N) is 1. The average molecular weight is 279 g/mol. The molecule has 5 N–H and O–H groups in total. The predicted octanol–water partition coefficient (Wildman–Crippen LogP) is 0.900. The van der Waals surface area contributed by atoms with Gasteiger partial charge in [-0.15, -0.1) is 0 Å². The molecule has 2 atom stereocenters. The zero-order chi connectivity index (χ0) is 11.4. The SMILES string of the molecule is NNc1ccc(C(O)C(O)CBr)cc1F. The Kier molecular flexibility index (Phi) is 4.46. The Hall–Kier alpha value is -0.690. The number of alkyl halides is 1. The van der Waals surface area contributed by atoms with Crippen molar-refractivity contribution >= 4 is 21.6 Å². The molecule has 2 unspecified atom stereocenters. The van der Waals surface area contributed by atoms with Crippen LogP contribution in [0.25, 0.3) is 0 Å². The van der Waals surface area contributed by atoms with E-state index in [0.717, 1.165) is 6.07 Å². The van der Waals surface area contributed by atoms with Crippen LogP contribution in [0.15, 0.2) is 18.2 Å². The van der Waals surface area contributed by atoms with E-state index in [4.69, 9.17) is 5.84 Å². The van der Waals surface area contributed by atoms with Gasteiger partial charge in [0, 0.05) is 5.33 Å². The molecule has 0 spiro atoms. The van der Waals surface area contributed by atoms with E-state index in [1.807, 2.05) is 0 Å². The van der Waals surface area contributed by atoms with E-state index in [-0.39, 0.29) is 11.0 Å². The summed E-state index contributed by atoms with van der Waals surface area (Å²) in [6.07, 6.45) is -2.09. The highest BCUT2D eigenvalue weighted by atomic mass is 79.9. The van der Waals surface area contributed by atoms with E-state index < -0.39 is 18.0 Å². The second-order valence-corrected chi connectivity index (χ2v) is 3.70. The van der Waals surface area contributed by atoms with Crippen LogP contribution in [0.4, 0.5) is 10.1 Å². The van der Waals surface area contributed by atoms with Crippen LogP contribution in [-0.4, -0.2) is 21.6 Å². The minimum Gasteiger partial charge on any atom is -0.389 e. The fraction of sp³-hybridized carbons (Fsp3) is 0.333. The Morgan fingerprint density at radius 3 is 2.60 bits per heavy atom. The van der Waals surface area contributed by atoms with Crippen molar-refractivity contribution in [3.8, 4) is 0 Å². The topological polar surface area (TPSA) is 78.5 Å². The first-order valence-electron chi connectivity index (χ1n) is 4.28. The fourth-order valence-electron chi connectivity index (χ4n) is 1.14. The number of aliphatic hydroxyl groups excluding tert-OH is 2. The molecule has 0 fully saturated rings. The minimum atomic E-state index is -1.12. The molecule has 0 radical (unpaired) electrons. The monoisotopic (exact) mass is 278 g/mol. The highest BCUT2D eigenvalue weighted by Crippen LogP contribution is 2.22. The highest BCUT2D eigenvalue weighted by Gasteiger charge is 2.18. The van der Waals surface area contributed by atoms with Gasteiger partial charge in [0.1, 0.15) is 11.9 Å². The molecule has 1 aromatic carbocycles. The zero-order valence-corrected chi connectivity index (χ0v) is 9.41. The van der Waals surface area contributed by atoms with Crippen LogP contribution in [-0.2, 0) is 0 Å². The van der Waals surface area contributed by atoms with Gasteiger partial charge >= 0.3 is 0 Å². The molecule has 1 aromatic rings. The predicted molar refractivity (Wildman–Crippen MR) is 59.0 cm³/mol. The molecule has 4 nitrogen and oxygen atoms in total. The quantitative estimate of drug-likeness (QED) is 0.375. The van der Waals surface area contributed by atoms with Gasteiger partial charge in [-0.1, -0.05) is 22.0 Å². The Morgan fingerprint density at radius 1 is 1.47 bits per heavy atom. The molecule has 0 aliphatic heterocycles. The lowest BCUT2D eigenvalue weighted by Gasteiger charge is -2.16. The molecule has 0 aliphatic rings. The van der Waals surface area contributed by atoms with Crippen molar-refractivity contribution in [1.82, 2.24) is 0 Å². The van der Waals surface area contributed by atoms with E-state index in [1.54, 1.807) is 0 Å². The smallest absolute Gasteiger partial charge is 0.147 e. The number of halogens is 2. The van der Waals surface area contributed by atoms with Crippen molar-refractivity contribution in [2.75, 3.05) is 10.8 Å². The third-order valence-electron chi connectivity index (χ3n) is 2.01. The minimum absolute atomic E-state index is 0.138. The summed E-state index contributed by atoms with van der Waals surface area (Å²) in [5, 5.41) is 19.1. The van der Waals surface area contributed by atoms with Gasteiger partial charge in [-0.3, -0.25) is 5.84 Å². The molecule has 0 saturated carbocycles. The summed E-state index contributed by atoms with van der Waals surface area (Å²) in [6, 6.07) is 4.02. The van der Waals surface area contributed by atoms with Crippen LogP contribution >= 0.6 is 15.9 Å². The number of nitrogen functional groups attached to an aromatic ring is 1. The van der Waals surface area contributed by atoms with Crippen LogP contribution in [0.3, 0.4) is 0 Å². The van der Waals surface area contributed by atoms with Crippen LogP contribution < -0.4 is 11.3 Å². The standard InChI is InChI=1S/C9H12BrFN2O2/c10-4-8(14)9(15)5-1-2-7(13-12)6(11)3-5/h1-3,8-9,13-15H,4,12H2. The summed E-state index contributed by atoms with van der Waals surface area (Å²) < 4.78 is 13.2. The summed E-state index contributed by atoms with van der Waals surface area (Å²) in [5.41, 5.74) is 2.62. The van der Waals surface area contributed by atoms with E-state index in [9.17, 15) is 14.6 Å². The van der Waals surface area contributed by atoms with Gasteiger partial charge in [-0.25, -0.2) is 4.39 Å². The number of rotatable bonds is 4. The van der Waals surface area contributed by atoms with Crippen molar-refractivity contribution in [2.24, 2.45) is 5.84 Å². The first-order valence-corrected chi connectivity index (χ1v) is 5.40. The van der Waals surface area contributed by atoms with Crippen molar-refractivity contribution in [3.05, 3.63) is 29.6 Å². The third kappa shape index (κ3) is 2.88. The lowest BCUT2D eigenvalue weighted by molar-refractivity contribution is 0.0341. The maximum atomic E-state index is 13.2. The number of benzene rings is 1. The van der Waals surface area contributed by atoms with Gasteiger partial charge in [-0.2, -0.15) is 0 Å². The summed E-state index contributed by atoms with van der Waals surface area (Å²) >= 11 is 3.02. The normalized spacial score (nSPS) is 14.7. The van der Waals surface area contributed by atoms with Crippen molar-refractivity contribution < 1.29 is 14.6 Å². The Bertz CT molecular complexity index is 338. The lowest BCUT2D eigenvalue weighted by atomic mass is 10.0. The summed E-state index contributed by atoms with van der Waals surface area (Å²) in [4.78, 5) is 0. The number of hydrazine groups is 1. The van der Waals surface area contributed by atoms with E-state index >= 15 is 0 Å². The first-order chi connectivity index (χ1) is 7.10. The van der Waals surface area contributed by atoms with Gasteiger partial charge in [0.15, 0.2) is 0 Å². The van der Waals surface area contributed by atoms with Gasteiger partial charge in [0.05, 0.1) is 11.8 Å². The van der Waals surface area contributed by atoms with Crippen molar-refractivity contribution in [3.63, 3.8) is 0 Å². The average Bonchev–Trinajstić information content (AvgIpc) is 2.26. The number of nitrogens with two attached hydrogens (primary N) is 1. The molecule has 0 heterocycles. The van der Waals surface area contributed by atoms with Gasteiger partial charge < -0.3 is 15.6 Å². The molecule has 84 valence electrons. The molecule has 0 bridgehead atoms. The van der Waals surface area contributed by atoms with Gasteiger partial charge in [0.25, 0.3) is 0 Å². The first kappa shape index (κ1) is 12.4. The Morgan fingerprint density at radius 2 is 2.13 bits per heavy atom. The summed E-state index contributed by atoms with van der Waals surface area (Å²) in [5.74, 6) is 4.48. The van der Waals surface area contributed by atoms with Crippen LogP contribution in [0.1, 0.15) is 11.7 Å². The van der Waals surface area contributed by atoms with Crippen molar-refractivity contribution in [2.45, 2.75) is 12.2 Å².